The van der Waals surface area contributed by atoms with Crippen molar-refractivity contribution in [2.75, 3.05) is 6.61 Å². The molecule has 2 atom stereocenters. The van der Waals surface area contributed by atoms with Gasteiger partial charge in [-0.15, -0.1) is 0 Å². The Balaban J connectivity index is 2.53. The zero-order valence-corrected chi connectivity index (χ0v) is 13.6. The van der Waals surface area contributed by atoms with E-state index in [0.29, 0.717) is 12.5 Å². The Morgan fingerprint density at radius 3 is 2.62 bits per heavy atom. The Morgan fingerprint density at radius 2 is 2.05 bits per heavy atom. The van der Waals surface area contributed by atoms with E-state index < -0.39 is 0 Å². The summed E-state index contributed by atoms with van der Waals surface area (Å²) in [6.45, 7) is 10.6. The second kappa shape index (κ2) is 6.06. The summed E-state index contributed by atoms with van der Waals surface area (Å²) in [6, 6.07) is 2.14. The number of fused-ring (bicyclic) bond motifs is 1. The molecule has 0 bridgehead atoms. The van der Waals surface area contributed by atoms with Crippen molar-refractivity contribution >= 4 is 5.91 Å². The van der Waals surface area contributed by atoms with Crippen molar-refractivity contribution < 1.29 is 9.53 Å². The van der Waals surface area contributed by atoms with Crippen LogP contribution in [0.25, 0.3) is 0 Å². The van der Waals surface area contributed by atoms with Gasteiger partial charge in [0.1, 0.15) is 5.75 Å². The number of carbonyl (C=O) groups is 1. The lowest BCUT2D eigenvalue weighted by Crippen LogP contribution is -2.31. The van der Waals surface area contributed by atoms with Gasteiger partial charge in [-0.3, -0.25) is 4.79 Å². The van der Waals surface area contributed by atoms with Crippen LogP contribution in [0.1, 0.15) is 61.5 Å². The van der Waals surface area contributed by atoms with Gasteiger partial charge in [-0.25, -0.2) is 0 Å². The third-order valence-electron chi connectivity index (χ3n) is 4.39. The molecule has 0 spiro atoms. The van der Waals surface area contributed by atoms with E-state index in [-0.39, 0.29) is 18.0 Å². The molecule has 1 aliphatic heterocycles. The number of benzene rings is 1. The minimum atomic E-state index is -0.0132. The highest BCUT2D eigenvalue weighted by Gasteiger charge is 2.27. The number of nitrogens with two attached hydrogens (primary N) is 1. The number of nitrogens with one attached hydrogen (secondary N) is 1. The van der Waals surface area contributed by atoms with Gasteiger partial charge in [0, 0.05) is 24.9 Å². The predicted octanol–water partition coefficient (Wildman–Crippen LogP) is 2.92. The van der Waals surface area contributed by atoms with Crippen LogP contribution in [0.3, 0.4) is 0 Å². The van der Waals surface area contributed by atoms with Crippen molar-refractivity contribution in [3.63, 3.8) is 0 Å². The molecule has 1 aromatic carbocycles. The summed E-state index contributed by atoms with van der Waals surface area (Å²) >= 11 is 0. The van der Waals surface area contributed by atoms with E-state index in [1.54, 1.807) is 6.92 Å². The lowest BCUT2D eigenvalue weighted by molar-refractivity contribution is -0.119. The molecule has 0 saturated carbocycles. The van der Waals surface area contributed by atoms with Crippen molar-refractivity contribution in [1.29, 1.82) is 0 Å². The molecule has 4 heteroatoms. The molecular formula is C17H26N2O2. The van der Waals surface area contributed by atoms with Crippen LogP contribution >= 0.6 is 0 Å². The first-order valence-corrected chi connectivity index (χ1v) is 7.62. The Bertz CT molecular complexity index is 552. The standard InChI is InChI=1S/C17H26N2O2/c1-9(2)16(18)13-8-14-15(19-12(5)20)6-7-21-17(14)11(4)10(13)3/h8-9,15-16H,6-7,18H2,1-5H3,(H,19,20). The van der Waals surface area contributed by atoms with Gasteiger partial charge in [0.05, 0.1) is 12.6 Å². The average molecular weight is 290 g/mol. The van der Waals surface area contributed by atoms with Gasteiger partial charge in [-0.1, -0.05) is 13.8 Å². The quantitative estimate of drug-likeness (QED) is 0.899. The Kier molecular flexibility index (Phi) is 4.57. The maximum atomic E-state index is 11.4. The zero-order chi connectivity index (χ0) is 15.7. The van der Waals surface area contributed by atoms with Crippen LogP contribution in [0.15, 0.2) is 6.07 Å². The summed E-state index contributed by atoms with van der Waals surface area (Å²) in [5.74, 6) is 1.27. The van der Waals surface area contributed by atoms with Crippen molar-refractivity contribution in [1.82, 2.24) is 5.32 Å². The van der Waals surface area contributed by atoms with Crippen LogP contribution in [0, 0.1) is 19.8 Å². The van der Waals surface area contributed by atoms with E-state index in [9.17, 15) is 4.79 Å². The fourth-order valence-electron chi connectivity index (χ4n) is 2.93. The fraction of sp³-hybridized carbons (Fsp3) is 0.588. The molecule has 0 aromatic heterocycles. The van der Waals surface area contributed by atoms with Gasteiger partial charge in [0.15, 0.2) is 0 Å². The van der Waals surface area contributed by atoms with E-state index in [2.05, 4.69) is 39.1 Å². The predicted molar refractivity (Wildman–Crippen MR) is 84.4 cm³/mol. The van der Waals surface area contributed by atoms with Crippen LogP contribution in [-0.4, -0.2) is 12.5 Å². The van der Waals surface area contributed by atoms with E-state index in [1.807, 2.05) is 0 Å². The van der Waals surface area contributed by atoms with Crippen LogP contribution in [-0.2, 0) is 4.79 Å². The third-order valence-corrected chi connectivity index (χ3v) is 4.39. The molecule has 1 aromatic rings. The molecule has 1 heterocycles. The molecule has 3 N–H and O–H groups in total. The molecule has 0 fully saturated rings. The van der Waals surface area contributed by atoms with Crippen molar-refractivity contribution in [2.24, 2.45) is 11.7 Å². The normalized spacial score (nSPS) is 18.9. The molecule has 0 radical (unpaired) electrons. The van der Waals surface area contributed by atoms with Crippen LogP contribution in [0.5, 0.6) is 5.75 Å². The molecular weight excluding hydrogens is 264 g/mol. The lowest BCUT2D eigenvalue weighted by Gasteiger charge is -2.31. The van der Waals surface area contributed by atoms with Crippen molar-refractivity contribution in [3.05, 3.63) is 28.3 Å². The first-order valence-electron chi connectivity index (χ1n) is 7.62. The summed E-state index contributed by atoms with van der Waals surface area (Å²) in [4.78, 5) is 11.4. The smallest absolute Gasteiger partial charge is 0.217 e. The lowest BCUT2D eigenvalue weighted by atomic mass is 9.86. The molecule has 2 unspecified atom stereocenters. The SMILES string of the molecule is CC(=O)NC1CCOc2c1cc(C(N)C(C)C)c(C)c2C. The number of hydrogen-bond acceptors (Lipinski definition) is 3. The fourth-order valence-corrected chi connectivity index (χ4v) is 2.93. The number of hydrogen-bond donors (Lipinski definition) is 2. The average Bonchev–Trinajstić information content (AvgIpc) is 2.42. The summed E-state index contributed by atoms with van der Waals surface area (Å²) in [6.07, 6.45) is 0.797. The van der Waals surface area contributed by atoms with Crippen molar-refractivity contribution in [2.45, 2.75) is 53.1 Å². The first-order chi connectivity index (χ1) is 9.82. The minimum Gasteiger partial charge on any atom is -0.493 e. The van der Waals surface area contributed by atoms with Gasteiger partial charge in [0.2, 0.25) is 5.91 Å². The highest BCUT2D eigenvalue weighted by molar-refractivity contribution is 5.73. The van der Waals surface area contributed by atoms with Crippen molar-refractivity contribution in [3.8, 4) is 5.75 Å². The molecule has 116 valence electrons. The van der Waals surface area contributed by atoms with Crippen LogP contribution in [0.4, 0.5) is 0 Å². The van der Waals surface area contributed by atoms with Crippen LogP contribution in [0.2, 0.25) is 0 Å². The number of rotatable bonds is 3. The summed E-state index contributed by atoms with van der Waals surface area (Å²) in [5, 5.41) is 3.02. The molecule has 0 saturated heterocycles. The van der Waals surface area contributed by atoms with E-state index >= 15 is 0 Å². The molecule has 1 aliphatic rings. The van der Waals surface area contributed by atoms with E-state index in [0.717, 1.165) is 28.9 Å². The minimum absolute atomic E-state index is 0.00564. The summed E-state index contributed by atoms with van der Waals surface area (Å²) in [7, 11) is 0. The van der Waals surface area contributed by atoms with Gasteiger partial charge >= 0.3 is 0 Å². The number of carbonyl (C=O) groups excluding carboxylic acids is 1. The Hall–Kier alpha value is -1.55. The molecule has 21 heavy (non-hydrogen) atoms. The largest absolute Gasteiger partial charge is 0.493 e. The number of amides is 1. The zero-order valence-electron chi connectivity index (χ0n) is 13.6. The maximum Gasteiger partial charge on any atom is 0.217 e. The molecule has 2 rings (SSSR count). The first kappa shape index (κ1) is 15.8. The molecule has 0 aliphatic carbocycles. The highest BCUT2D eigenvalue weighted by atomic mass is 16.5. The summed E-state index contributed by atoms with van der Waals surface area (Å²) in [5.41, 5.74) is 10.9. The Labute approximate surface area is 127 Å². The maximum absolute atomic E-state index is 11.4. The van der Waals surface area contributed by atoms with Gasteiger partial charge in [0.25, 0.3) is 0 Å². The highest BCUT2D eigenvalue weighted by Crippen LogP contribution is 2.40. The molecule has 1 amide bonds. The monoisotopic (exact) mass is 290 g/mol. The van der Waals surface area contributed by atoms with E-state index in [1.165, 1.54) is 5.56 Å². The van der Waals surface area contributed by atoms with Crippen LogP contribution < -0.4 is 15.8 Å². The third kappa shape index (κ3) is 3.05. The van der Waals surface area contributed by atoms with Gasteiger partial charge < -0.3 is 15.8 Å². The second-order valence-corrected chi connectivity index (χ2v) is 6.29. The summed E-state index contributed by atoms with van der Waals surface area (Å²) < 4.78 is 5.85. The molecule has 4 nitrogen and oxygen atoms in total. The topological polar surface area (TPSA) is 64.3 Å². The Morgan fingerprint density at radius 1 is 1.38 bits per heavy atom. The van der Waals surface area contributed by atoms with Gasteiger partial charge in [-0.2, -0.15) is 0 Å². The second-order valence-electron chi connectivity index (χ2n) is 6.29. The van der Waals surface area contributed by atoms with E-state index in [4.69, 9.17) is 10.5 Å². The van der Waals surface area contributed by atoms with Gasteiger partial charge in [-0.05, 0) is 42.5 Å². The number of ether oxygens (including phenoxy) is 1.